The minimum absolute atomic E-state index is 0.202. The van der Waals surface area contributed by atoms with Gasteiger partial charge in [0.15, 0.2) is 11.5 Å². The van der Waals surface area contributed by atoms with Gasteiger partial charge in [-0.25, -0.2) is 4.79 Å². The molecule has 0 amide bonds. The first kappa shape index (κ1) is 14.4. The molecule has 0 spiro atoms. The van der Waals surface area contributed by atoms with E-state index in [-0.39, 0.29) is 12.7 Å². The van der Waals surface area contributed by atoms with Gasteiger partial charge in [0.2, 0.25) is 12.9 Å². The largest absolute Gasteiger partial charge is 0.454 e. The summed E-state index contributed by atoms with van der Waals surface area (Å²) in [5.41, 5.74) is 1.37. The van der Waals surface area contributed by atoms with Gasteiger partial charge >= 0.3 is 0 Å². The van der Waals surface area contributed by atoms with E-state index < -0.39 is 5.54 Å². The number of carbonyl (C=O) groups excluding carboxylic acids is 1. The van der Waals surface area contributed by atoms with Gasteiger partial charge in [-0.05, 0) is 18.8 Å². The first-order chi connectivity index (χ1) is 10.1. The predicted molar refractivity (Wildman–Crippen MR) is 79.9 cm³/mol. The average molecular weight is 308 g/mol. The average Bonchev–Trinajstić information content (AvgIpc) is 3.06. The van der Waals surface area contributed by atoms with Crippen LogP contribution in [0.4, 0.5) is 0 Å². The molecule has 0 saturated heterocycles. The Labute approximate surface area is 129 Å². The second-order valence-corrected chi connectivity index (χ2v) is 6.38. The van der Waals surface area contributed by atoms with E-state index in [2.05, 4.69) is 18.8 Å². The molecule has 5 heteroatoms. The van der Waals surface area contributed by atoms with Crippen molar-refractivity contribution in [2.24, 2.45) is 4.99 Å². The lowest BCUT2D eigenvalue weighted by molar-refractivity contribution is 0.173. The van der Waals surface area contributed by atoms with Crippen LogP contribution in [-0.4, -0.2) is 12.9 Å². The Morgan fingerprint density at radius 2 is 2.05 bits per heavy atom. The van der Waals surface area contributed by atoms with Crippen molar-refractivity contribution < 1.29 is 14.3 Å². The molecular formula is C16H18ClNO3. The molecule has 112 valence electrons. The van der Waals surface area contributed by atoms with Crippen LogP contribution in [0, 0.1) is 0 Å². The maximum atomic E-state index is 11.0. The molecule has 0 aromatic heterocycles. The zero-order valence-electron chi connectivity index (χ0n) is 12.2. The molecule has 0 unspecified atom stereocenters. The zero-order valence-corrected chi connectivity index (χ0v) is 13.0. The number of hydrogen-bond donors (Lipinski definition) is 0. The lowest BCUT2D eigenvalue weighted by Gasteiger charge is -2.29. The Hall–Kier alpha value is -1.51. The Bertz CT molecular complexity index is 614. The summed E-state index contributed by atoms with van der Waals surface area (Å²) < 4.78 is 11.1. The number of fused-ring (bicyclic) bond motifs is 1. The van der Waals surface area contributed by atoms with E-state index in [1.54, 1.807) is 12.1 Å². The fraction of sp³-hybridized carbons (Fsp3) is 0.562. The lowest BCUT2D eigenvalue weighted by Crippen LogP contribution is -2.22. The third-order valence-electron chi connectivity index (χ3n) is 4.39. The molecule has 1 aromatic rings. The highest BCUT2D eigenvalue weighted by atomic mass is 35.5. The summed E-state index contributed by atoms with van der Waals surface area (Å²) in [5.74, 6) is 1.63. The van der Waals surface area contributed by atoms with E-state index >= 15 is 0 Å². The van der Waals surface area contributed by atoms with E-state index in [1.165, 1.54) is 0 Å². The third-order valence-corrected chi connectivity index (χ3v) is 4.68. The molecule has 3 rings (SSSR count). The highest BCUT2D eigenvalue weighted by Gasteiger charge is 2.42. The van der Waals surface area contributed by atoms with Gasteiger partial charge in [0.25, 0.3) is 0 Å². The second kappa shape index (κ2) is 5.36. The number of benzene rings is 1. The van der Waals surface area contributed by atoms with Crippen LogP contribution in [0.15, 0.2) is 11.1 Å². The topological polar surface area (TPSA) is 47.9 Å². The van der Waals surface area contributed by atoms with Gasteiger partial charge in [-0.15, -0.1) is 0 Å². The van der Waals surface area contributed by atoms with Gasteiger partial charge in [0.1, 0.15) is 5.54 Å². The van der Waals surface area contributed by atoms with Gasteiger partial charge in [-0.2, -0.15) is 4.99 Å². The van der Waals surface area contributed by atoms with Gasteiger partial charge in [-0.1, -0.05) is 38.3 Å². The van der Waals surface area contributed by atoms with Crippen LogP contribution in [0.1, 0.15) is 56.6 Å². The lowest BCUT2D eigenvalue weighted by atomic mass is 9.81. The van der Waals surface area contributed by atoms with Crippen molar-refractivity contribution in [3.8, 4) is 11.5 Å². The number of isocyanates is 1. The predicted octanol–water partition coefficient (Wildman–Crippen LogP) is 4.30. The minimum atomic E-state index is -0.556. The number of nitrogens with zero attached hydrogens (tertiary/aromatic N) is 1. The third kappa shape index (κ3) is 2.23. The van der Waals surface area contributed by atoms with Crippen LogP contribution >= 0.6 is 11.6 Å². The molecule has 0 bridgehead atoms. The maximum Gasteiger partial charge on any atom is 0.235 e. The van der Waals surface area contributed by atoms with Crippen molar-refractivity contribution in [1.29, 1.82) is 0 Å². The molecule has 21 heavy (non-hydrogen) atoms. The minimum Gasteiger partial charge on any atom is -0.454 e. The summed E-state index contributed by atoms with van der Waals surface area (Å²) in [6.07, 6.45) is 5.47. The van der Waals surface area contributed by atoms with Crippen molar-refractivity contribution in [2.45, 2.75) is 51.0 Å². The van der Waals surface area contributed by atoms with E-state index in [9.17, 15) is 4.79 Å². The molecule has 0 atom stereocenters. The summed E-state index contributed by atoms with van der Waals surface area (Å²) in [6, 6.07) is 1.78. The van der Waals surface area contributed by atoms with Crippen molar-refractivity contribution >= 4 is 17.7 Å². The molecule has 0 N–H and O–H groups in total. The molecular weight excluding hydrogens is 290 g/mol. The van der Waals surface area contributed by atoms with Crippen LogP contribution < -0.4 is 9.47 Å². The Morgan fingerprint density at radius 1 is 1.33 bits per heavy atom. The maximum absolute atomic E-state index is 11.0. The van der Waals surface area contributed by atoms with Crippen LogP contribution in [0.5, 0.6) is 11.5 Å². The van der Waals surface area contributed by atoms with Gasteiger partial charge < -0.3 is 9.47 Å². The molecule has 4 nitrogen and oxygen atoms in total. The molecule has 0 radical (unpaired) electrons. The first-order valence-electron chi connectivity index (χ1n) is 7.30. The Morgan fingerprint density at radius 3 is 2.67 bits per heavy atom. The number of aliphatic imine (C=N–C) groups is 1. The van der Waals surface area contributed by atoms with Crippen molar-refractivity contribution in [2.75, 3.05) is 6.79 Å². The smallest absolute Gasteiger partial charge is 0.235 e. The number of ether oxygens (including phenoxy) is 2. The molecule has 2 aliphatic rings. The normalized spacial score (nSPS) is 18.9. The quantitative estimate of drug-likeness (QED) is 0.618. The van der Waals surface area contributed by atoms with E-state index in [0.717, 1.165) is 42.6 Å². The van der Waals surface area contributed by atoms with Crippen molar-refractivity contribution in [3.05, 3.63) is 22.2 Å². The summed E-state index contributed by atoms with van der Waals surface area (Å²) >= 11 is 6.54. The van der Waals surface area contributed by atoms with E-state index in [4.69, 9.17) is 21.1 Å². The second-order valence-electron chi connectivity index (χ2n) is 5.98. The van der Waals surface area contributed by atoms with Crippen molar-refractivity contribution in [1.82, 2.24) is 0 Å². The molecule has 1 fully saturated rings. The summed E-state index contributed by atoms with van der Waals surface area (Å²) in [4.78, 5) is 15.1. The van der Waals surface area contributed by atoms with Gasteiger partial charge in [0, 0.05) is 17.2 Å². The van der Waals surface area contributed by atoms with Crippen LogP contribution in [-0.2, 0) is 10.3 Å². The summed E-state index contributed by atoms with van der Waals surface area (Å²) in [6.45, 7) is 4.38. The Kier molecular flexibility index (Phi) is 3.68. The SMILES string of the molecule is CC(C)c1c2c(cc(Cl)c1C1(N=C=O)CCCC1)OCO2. The highest BCUT2D eigenvalue weighted by Crippen LogP contribution is 2.53. The van der Waals surface area contributed by atoms with Crippen LogP contribution in [0.2, 0.25) is 5.02 Å². The van der Waals surface area contributed by atoms with Gasteiger partial charge in [0.05, 0.1) is 5.02 Å². The molecule has 1 aliphatic heterocycles. The number of rotatable bonds is 3. The summed E-state index contributed by atoms with van der Waals surface area (Å²) in [7, 11) is 0. The number of halogens is 1. The zero-order chi connectivity index (χ0) is 15.0. The number of hydrogen-bond acceptors (Lipinski definition) is 4. The Balaban J connectivity index is 2.29. The molecule has 1 heterocycles. The van der Waals surface area contributed by atoms with Crippen LogP contribution in [0.25, 0.3) is 0 Å². The van der Waals surface area contributed by atoms with Crippen LogP contribution in [0.3, 0.4) is 0 Å². The molecule has 1 aliphatic carbocycles. The summed E-state index contributed by atoms with van der Waals surface area (Å²) in [5, 5.41) is 0.601. The van der Waals surface area contributed by atoms with E-state index in [1.807, 2.05) is 0 Å². The van der Waals surface area contributed by atoms with E-state index in [0.29, 0.717) is 10.8 Å². The first-order valence-corrected chi connectivity index (χ1v) is 7.68. The monoisotopic (exact) mass is 307 g/mol. The molecule has 1 aromatic carbocycles. The standard InChI is InChI=1S/C16H18ClNO3/c1-10(2)13-14(16(18-8-19)5-3-4-6-16)11(17)7-12-15(13)21-9-20-12/h7,10H,3-6,9H2,1-2H3. The van der Waals surface area contributed by atoms with Crippen molar-refractivity contribution in [3.63, 3.8) is 0 Å². The fourth-order valence-electron chi connectivity index (χ4n) is 3.52. The molecule has 1 saturated carbocycles. The van der Waals surface area contributed by atoms with Gasteiger partial charge in [-0.3, -0.25) is 0 Å². The highest BCUT2D eigenvalue weighted by molar-refractivity contribution is 6.32. The fourth-order valence-corrected chi connectivity index (χ4v) is 3.90.